The quantitative estimate of drug-likeness (QED) is 0.724. The first-order chi connectivity index (χ1) is 15.5. The van der Waals surface area contributed by atoms with Gasteiger partial charge in [0.15, 0.2) is 0 Å². The SMILES string of the molecule is CC1=C(C(=O)N2CCOCC2)C(c2ccc3ccccc3c2)NC(=O)N1CCCC(=O)O. The van der Waals surface area contributed by atoms with Crippen LogP contribution in [-0.4, -0.2) is 65.7 Å². The van der Waals surface area contributed by atoms with Crippen LogP contribution in [0, 0.1) is 0 Å². The van der Waals surface area contributed by atoms with Crippen molar-refractivity contribution in [2.75, 3.05) is 32.8 Å². The molecule has 0 aromatic heterocycles. The summed E-state index contributed by atoms with van der Waals surface area (Å²) in [7, 11) is 0. The number of nitrogens with one attached hydrogen (secondary N) is 1. The van der Waals surface area contributed by atoms with Crippen molar-refractivity contribution < 1.29 is 24.2 Å². The van der Waals surface area contributed by atoms with E-state index in [9.17, 15) is 14.4 Å². The summed E-state index contributed by atoms with van der Waals surface area (Å²) in [6, 6.07) is 13.0. The first-order valence-electron chi connectivity index (χ1n) is 10.8. The van der Waals surface area contributed by atoms with Crippen molar-refractivity contribution >= 4 is 28.7 Å². The maximum Gasteiger partial charge on any atom is 0.322 e. The van der Waals surface area contributed by atoms with E-state index >= 15 is 0 Å². The van der Waals surface area contributed by atoms with Gasteiger partial charge in [0.1, 0.15) is 0 Å². The number of benzene rings is 2. The number of carboxylic acid groups (broad SMARTS) is 1. The molecule has 32 heavy (non-hydrogen) atoms. The van der Waals surface area contributed by atoms with Crippen LogP contribution in [0.15, 0.2) is 53.7 Å². The minimum Gasteiger partial charge on any atom is -0.481 e. The smallest absolute Gasteiger partial charge is 0.322 e. The molecule has 0 spiro atoms. The second-order valence-electron chi connectivity index (χ2n) is 8.04. The van der Waals surface area contributed by atoms with Gasteiger partial charge < -0.3 is 20.1 Å². The van der Waals surface area contributed by atoms with Crippen molar-refractivity contribution in [1.82, 2.24) is 15.1 Å². The number of allylic oxidation sites excluding steroid dienone is 1. The minimum absolute atomic E-state index is 0.0437. The molecular formula is C24H27N3O5. The molecule has 4 rings (SSSR count). The molecule has 8 nitrogen and oxygen atoms in total. The highest BCUT2D eigenvalue weighted by Gasteiger charge is 2.37. The number of fused-ring (bicyclic) bond motifs is 1. The van der Waals surface area contributed by atoms with Gasteiger partial charge in [-0.25, -0.2) is 4.79 Å². The van der Waals surface area contributed by atoms with E-state index in [2.05, 4.69) is 5.32 Å². The number of hydrogen-bond acceptors (Lipinski definition) is 4. The number of morpholine rings is 1. The number of urea groups is 1. The molecule has 1 atom stereocenters. The molecule has 1 unspecified atom stereocenters. The Labute approximate surface area is 186 Å². The Morgan fingerprint density at radius 1 is 1.12 bits per heavy atom. The van der Waals surface area contributed by atoms with Crippen LogP contribution in [0.4, 0.5) is 4.79 Å². The predicted octanol–water partition coefficient (Wildman–Crippen LogP) is 2.90. The van der Waals surface area contributed by atoms with Crippen molar-refractivity contribution in [2.45, 2.75) is 25.8 Å². The van der Waals surface area contributed by atoms with E-state index in [1.165, 1.54) is 4.90 Å². The summed E-state index contributed by atoms with van der Waals surface area (Å²) in [4.78, 5) is 40.7. The van der Waals surface area contributed by atoms with Crippen molar-refractivity contribution in [1.29, 1.82) is 0 Å². The van der Waals surface area contributed by atoms with Crippen LogP contribution < -0.4 is 5.32 Å². The lowest BCUT2D eigenvalue weighted by Crippen LogP contribution is -2.51. The molecule has 0 radical (unpaired) electrons. The molecule has 2 aliphatic heterocycles. The topological polar surface area (TPSA) is 99.2 Å². The van der Waals surface area contributed by atoms with Gasteiger partial charge in [-0.15, -0.1) is 0 Å². The summed E-state index contributed by atoms with van der Waals surface area (Å²) in [5.74, 6) is -1.05. The van der Waals surface area contributed by atoms with Crippen molar-refractivity contribution in [3.8, 4) is 0 Å². The summed E-state index contributed by atoms with van der Waals surface area (Å²) < 4.78 is 5.39. The lowest BCUT2D eigenvalue weighted by atomic mass is 9.92. The van der Waals surface area contributed by atoms with E-state index < -0.39 is 12.0 Å². The van der Waals surface area contributed by atoms with E-state index in [1.54, 1.807) is 11.8 Å². The molecule has 2 aliphatic rings. The average molecular weight is 437 g/mol. The molecule has 168 valence electrons. The van der Waals surface area contributed by atoms with Crippen LogP contribution in [0.5, 0.6) is 0 Å². The number of carbonyl (C=O) groups excluding carboxylic acids is 2. The fourth-order valence-corrected chi connectivity index (χ4v) is 4.29. The van der Waals surface area contributed by atoms with E-state index in [0.717, 1.165) is 16.3 Å². The molecule has 1 fully saturated rings. The van der Waals surface area contributed by atoms with Gasteiger partial charge in [-0.2, -0.15) is 0 Å². The summed E-state index contributed by atoms with van der Waals surface area (Å²) >= 11 is 0. The Hall–Kier alpha value is -3.39. The molecule has 3 amide bonds. The van der Waals surface area contributed by atoms with E-state index in [0.29, 0.717) is 44.0 Å². The molecule has 2 heterocycles. The summed E-state index contributed by atoms with van der Waals surface area (Å²) in [6.07, 6.45) is 0.262. The Morgan fingerprint density at radius 2 is 1.84 bits per heavy atom. The highest BCUT2D eigenvalue weighted by atomic mass is 16.5. The third kappa shape index (κ3) is 4.45. The molecule has 8 heteroatoms. The Morgan fingerprint density at radius 3 is 2.56 bits per heavy atom. The zero-order valence-corrected chi connectivity index (χ0v) is 18.0. The summed E-state index contributed by atoms with van der Waals surface area (Å²) in [6.45, 7) is 3.94. The fraction of sp³-hybridized carbons (Fsp3) is 0.375. The van der Waals surface area contributed by atoms with Gasteiger partial charge in [-0.3, -0.25) is 14.5 Å². The molecular weight excluding hydrogens is 410 g/mol. The lowest BCUT2D eigenvalue weighted by Gasteiger charge is -2.38. The van der Waals surface area contributed by atoms with Gasteiger partial charge in [0, 0.05) is 31.8 Å². The van der Waals surface area contributed by atoms with Crippen molar-refractivity contribution in [3.63, 3.8) is 0 Å². The molecule has 1 saturated heterocycles. The second kappa shape index (κ2) is 9.40. The fourth-order valence-electron chi connectivity index (χ4n) is 4.29. The van der Waals surface area contributed by atoms with Crippen LogP contribution >= 0.6 is 0 Å². The maximum atomic E-state index is 13.6. The standard InChI is InChI=1S/C24H27N3O5/c1-16-21(23(30)26-11-13-32-14-12-26)22(25-24(31)27(16)10-4-7-20(28)29)19-9-8-17-5-2-3-6-18(17)15-19/h2-3,5-6,8-9,15,22H,4,7,10-14H2,1H3,(H,25,31)(H,28,29). The second-order valence-corrected chi connectivity index (χ2v) is 8.04. The molecule has 0 aliphatic carbocycles. The first-order valence-corrected chi connectivity index (χ1v) is 10.8. The zero-order valence-electron chi connectivity index (χ0n) is 18.0. The van der Waals surface area contributed by atoms with Crippen LogP contribution in [0.2, 0.25) is 0 Å². The van der Waals surface area contributed by atoms with Crippen LogP contribution in [-0.2, 0) is 14.3 Å². The molecule has 0 bridgehead atoms. The number of ether oxygens (including phenoxy) is 1. The monoisotopic (exact) mass is 437 g/mol. The minimum atomic E-state index is -0.914. The average Bonchev–Trinajstić information content (AvgIpc) is 2.80. The van der Waals surface area contributed by atoms with Crippen molar-refractivity contribution in [3.05, 3.63) is 59.3 Å². The normalized spacial score (nSPS) is 19.3. The zero-order chi connectivity index (χ0) is 22.7. The van der Waals surface area contributed by atoms with Gasteiger partial charge in [0.25, 0.3) is 5.91 Å². The van der Waals surface area contributed by atoms with Crippen LogP contribution in [0.1, 0.15) is 31.4 Å². The van der Waals surface area contributed by atoms with Gasteiger partial charge in [0.05, 0.1) is 24.8 Å². The Kier molecular flexibility index (Phi) is 6.41. The Bertz CT molecular complexity index is 1070. The van der Waals surface area contributed by atoms with E-state index in [4.69, 9.17) is 9.84 Å². The highest BCUT2D eigenvalue weighted by Crippen LogP contribution is 2.33. The first kappa shape index (κ1) is 21.8. The largest absolute Gasteiger partial charge is 0.481 e. The number of nitrogens with zero attached hydrogens (tertiary/aromatic N) is 2. The number of amides is 3. The highest BCUT2D eigenvalue weighted by molar-refractivity contribution is 5.99. The van der Waals surface area contributed by atoms with E-state index in [1.807, 2.05) is 42.5 Å². The van der Waals surface area contributed by atoms with Gasteiger partial charge in [-0.05, 0) is 35.7 Å². The number of hydrogen-bond donors (Lipinski definition) is 2. The van der Waals surface area contributed by atoms with Gasteiger partial charge in [-0.1, -0.05) is 36.4 Å². The molecule has 2 aromatic rings. The summed E-state index contributed by atoms with van der Waals surface area (Å²) in [5, 5.41) is 14.1. The summed E-state index contributed by atoms with van der Waals surface area (Å²) in [5.41, 5.74) is 1.91. The molecule has 0 saturated carbocycles. The van der Waals surface area contributed by atoms with Gasteiger partial charge >= 0.3 is 12.0 Å². The molecule has 2 aromatic carbocycles. The third-order valence-electron chi connectivity index (χ3n) is 6.00. The van der Waals surface area contributed by atoms with Crippen LogP contribution in [0.3, 0.4) is 0 Å². The number of carboxylic acids is 1. The number of aliphatic carboxylic acids is 1. The Balaban J connectivity index is 1.72. The molecule has 2 N–H and O–H groups in total. The predicted molar refractivity (Wildman–Crippen MR) is 119 cm³/mol. The van der Waals surface area contributed by atoms with Crippen LogP contribution in [0.25, 0.3) is 10.8 Å². The maximum absolute atomic E-state index is 13.6. The van der Waals surface area contributed by atoms with E-state index in [-0.39, 0.29) is 24.9 Å². The lowest BCUT2D eigenvalue weighted by molar-refractivity contribution is -0.137. The van der Waals surface area contributed by atoms with Gasteiger partial charge in [0.2, 0.25) is 0 Å². The van der Waals surface area contributed by atoms with Crippen molar-refractivity contribution in [2.24, 2.45) is 0 Å². The number of rotatable bonds is 6. The number of carbonyl (C=O) groups is 3. The third-order valence-corrected chi connectivity index (χ3v) is 6.00.